The largest absolute Gasteiger partial charge is 1.00 e. The second-order valence-corrected chi connectivity index (χ2v) is 8.01. The first kappa shape index (κ1) is 27.1. The van der Waals surface area contributed by atoms with Crippen LogP contribution < -0.4 is 114 Å². The van der Waals surface area contributed by atoms with Crippen LogP contribution in [0.25, 0.3) is 11.1 Å². The number of aryl methyl sites for hydroxylation is 2. The standard InChI is InChI=1S/C14H16N2O6S2.2K/c1-7-3-9(13(5-11(7)15)23(17,18)19)10-4-8(2)12(16)6-14(10)24(20,21)22;;/h3-6H,15-16H2,1-2H3,(H,17,18,19)(H,20,21,22);;/q;2*+1/p-2. The van der Waals surface area contributed by atoms with Gasteiger partial charge in [0.1, 0.15) is 20.2 Å². The SMILES string of the molecule is Cc1cc(-c2cc(C)c(N)cc2S(=O)(=O)[O-])c(S(=O)(=O)[O-])cc1N.[K+].[K+]. The van der Waals surface area contributed by atoms with Crippen molar-refractivity contribution in [1.29, 1.82) is 0 Å². The fourth-order valence-corrected chi connectivity index (χ4v) is 3.66. The summed E-state index contributed by atoms with van der Waals surface area (Å²) in [5.74, 6) is 0. The van der Waals surface area contributed by atoms with Gasteiger partial charge in [0, 0.05) is 22.5 Å². The van der Waals surface area contributed by atoms with Gasteiger partial charge in [-0.15, -0.1) is 0 Å². The van der Waals surface area contributed by atoms with E-state index in [9.17, 15) is 25.9 Å². The van der Waals surface area contributed by atoms with Gasteiger partial charge in [-0.05, 0) is 49.2 Å². The maximum Gasteiger partial charge on any atom is 1.00 e. The Morgan fingerprint density at radius 2 is 0.962 bits per heavy atom. The average molecular weight is 449 g/mol. The van der Waals surface area contributed by atoms with Crippen LogP contribution in [-0.2, 0) is 20.2 Å². The Hall–Kier alpha value is 1.13. The topological polar surface area (TPSA) is 166 Å². The van der Waals surface area contributed by atoms with Crippen molar-refractivity contribution < 1.29 is 129 Å². The van der Waals surface area contributed by atoms with Gasteiger partial charge in [-0.25, -0.2) is 16.8 Å². The molecule has 0 amide bonds. The zero-order valence-electron chi connectivity index (χ0n) is 14.7. The number of benzene rings is 2. The molecule has 0 aliphatic rings. The number of nitrogens with two attached hydrogens (primary N) is 2. The van der Waals surface area contributed by atoms with E-state index in [0.29, 0.717) is 11.1 Å². The molecule has 0 aromatic heterocycles. The molecular weight excluding hydrogens is 434 g/mol. The average Bonchev–Trinajstić information content (AvgIpc) is 2.41. The van der Waals surface area contributed by atoms with Crippen molar-refractivity contribution in [2.24, 2.45) is 0 Å². The third-order valence-corrected chi connectivity index (χ3v) is 5.32. The molecule has 0 atom stereocenters. The smallest absolute Gasteiger partial charge is 0.744 e. The van der Waals surface area contributed by atoms with Crippen LogP contribution in [0.4, 0.5) is 11.4 Å². The fourth-order valence-electron chi connectivity index (χ4n) is 2.24. The summed E-state index contributed by atoms with van der Waals surface area (Å²) in [6, 6.07) is 4.39. The molecule has 0 aliphatic carbocycles. The van der Waals surface area contributed by atoms with E-state index < -0.39 is 30.0 Å². The number of nitrogen functional groups attached to an aromatic ring is 2. The normalized spacial score (nSPS) is 11.4. The van der Waals surface area contributed by atoms with Gasteiger partial charge < -0.3 is 20.6 Å². The molecule has 0 fully saturated rings. The Balaban J connectivity index is 0.00000312. The summed E-state index contributed by atoms with van der Waals surface area (Å²) in [6.07, 6.45) is 0. The van der Waals surface area contributed by atoms with Crippen molar-refractivity contribution in [3.63, 3.8) is 0 Å². The van der Waals surface area contributed by atoms with E-state index in [2.05, 4.69) is 0 Å². The van der Waals surface area contributed by atoms with Crippen molar-refractivity contribution in [2.45, 2.75) is 23.6 Å². The Morgan fingerprint density at radius 3 is 1.19 bits per heavy atom. The Morgan fingerprint density at radius 1 is 0.692 bits per heavy atom. The molecule has 0 heterocycles. The molecule has 2 rings (SSSR count). The maximum atomic E-state index is 11.5. The predicted molar refractivity (Wildman–Crippen MR) is 86.1 cm³/mol. The molecule has 0 spiro atoms. The molecule has 12 heteroatoms. The molecule has 2 aromatic rings. The fraction of sp³-hybridized carbons (Fsp3) is 0.143. The van der Waals surface area contributed by atoms with E-state index in [4.69, 9.17) is 11.5 Å². The molecule has 4 N–H and O–H groups in total. The van der Waals surface area contributed by atoms with Crippen LogP contribution in [0.5, 0.6) is 0 Å². The molecule has 0 saturated carbocycles. The molecule has 0 saturated heterocycles. The van der Waals surface area contributed by atoms with Crippen molar-refractivity contribution in [1.82, 2.24) is 0 Å². The minimum Gasteiger partial charge on any atom is -0.744 e. The first-order valence-corrected chi connectivity index (χ1v) is 9.36. The molecule has 0 unspecified atom stereocenters. The summed E-state index contributed by atoms with van der Waals surface area (Å²) in [7, 11) is -9.93. The Kier molecular flexibility index (Phi) is 10.2. The van der Waals surface area contributed by atoms with Gasteiger partial charge >= 0.3 is 103 Å². The van der Waals surface area contributed by atoms with Crippen LogP contribution in [-0.4, -0.2) is 25.9 Å². The summed E-state index contributed by atoms with van der Waals surface area (Å²) in [6.45, 7) is 3.10. The first-order chi connectivity index (χ1) is 10.8. The van der Waals surface area contributed by atoms with Crippen LogP contribution in [0.2, 0.25) is 0 Å². The Labute approximate surface area is 237 Å². The zero-order chi connectivity index (χ0) is 18.4. The van der Waals surface area contributed by atoms with E-state index in [1.54, 1.807) is 13.8 Å². The minimum absolute atomic E-state index is 0. The summed E-state index contributed by atoms with van der Waals surface area (Å²) < 4.78 is 69.2. The quantitative estimate of drug-likeness (QED) is 0.267. The van der Waals surface area contributed by atoms with E-state index in [0.717, 1.165) is 12.1 Å². The number of hydrogen-bond donors (Lipinski definition) is 2. The van der Waals surface area contributed by atoms with Gasteiger partial charge in [-0.1, -0.05) is 0 Å². The van der Waals surface area contributed by atoms with Crippen molar-refractivity contribution in [2.75, 3.05) is 11.5 Å². The zero-order valence-corrected chi connectivity index (χ0v) is 22.6. The minimum atomic E-state index is -4.96. The van der Waals surface area contributed by atoms with Gasteiger partial charge in [-0.2, -0.15) is 0 Å². The molecule has 0 bridgehead atoms. The van der Waals surface area contributed by atoms with Crippen LogP contribution in [0, 0.1) is 13.8 Å². The van der Waals surface area contributed by atoms with Crippen LogP contribution in [0.3, 0.4) is 0 Å². The summed E-state index contributed by atoms with van der Waals surface area (Å²) >= 11 is 0. The summed E-state index contributed by atoms with van der Waals surface area (Å²) in [4.78, 5) is -1.42. The number of anilines is 2. The van der Waals surface area contributed by atoms with Gasteiger partial charge in [0.2, 0.25) is 0 Å². The van der Waals surface area contributed by atoms with Gasteiger partial charge in [0.15, 0.2) is 0 Å². The van der Waals surface area contributed by atoms with Crippen molar-refractivity contribution in [3.8, 4) is 11.1 Å². The van der Waals surface area contributed by atoms with Crippen LogP contribution in [0.15, 0.2) is 34.1 Å². The van der Waals surface area contributed by atoms with Crippen LogP contribution in [0.1, 0.15) is 11.1 Å². The maximum absolute atomic E-state index is 11.5. The number of rotatable bonds is 3. The first-order valence-electron chi connectivity index (χ1n) is 6.54. The third kappa shape index (κ3) is 6.06. The molecule has 130 valence electrons. The van der Waals surface area contributed by atoms with Crippen molar-refractivity contribution >= 4 is 31.6 Å². The van der Waals surface area contributed by atoms with Crippen LogP contribution >= 0.6 is 0 Å². The molecule has 26 heavy (non-hydrogen) atoms. The van der Waals surface area contributed by atoms with E-state index in [1.807, 2.05) is 0 Å². The summed E-state index contributed by atoms with van der Waals surface area (Å²) in [5.41, 5.74) is 11.8. The Bertz CT molecular complexity index is 968. The predicted octanol–water partition coefficient (Wildman–Crippen LogP) is -5.05. The van der Waals surface area contributed by atoms with Gasteiger partial charge in [-0.3, -0.25) is 0 Å². The second kappa shape index (κ2) is 9.76. The van der Waals surface area contributed by atoms with E-state index >= 15 is 0 Å². The molecular formula is C14H14K2N2O6S2. The molecule has 2 aromatic carbocycles. The molecule has 0 radical (unpaired) electrons. The molecule has 8 nitrogen and oxygen atoms in total. The van der Waals surface area contributed by atoms with E-state index in [-0.39, 0.29) is 125 Å². The summed E-state index contributed by atoms with van der Waals surface area (Å²) in [5, 5.41) is 0. The molecule has 0 aliphatic heterocycles. The van der Waals surface area contributed by atoms with Crippen molar-refractivity contribution in [3.05, 3.63) is 35.4 Å². The second-order valence-electron chi connectivity index (χ2n) is 5.32. The van der Waals surface area contributed by atoms with Gasteiger partial charge in [0.05, 0.1) is 9.79 Å². The monoisotopic (exact) mass is 448 g/mol. The third-order valence-electron chi connectivity index (χ3n) is 3.57. The number of hydrogen-bond acceptors (Lipinski definition) is 8. The van der Waals surface area contributed by atoms with E-state index in [1.165, 1.54) is 12.1 Å². The van der Waals surface area contributed by atoms with Gasteiger partial charge in [0.25, 0.3) is 0 Å².